The molecule has 9 nitrogen and oxygen atoms in total. The van der Waals surface area contributed by atoms with Crippen molar-refractivity contribution in [3.8, 4) is 0 Å². The Kier molecular flexibility index (Phi) is 56.2. The first-order valence-electron chi connectivity index (χ1n) is 30.8. The molecule has 0 spiro atoms. The number of nitrogens with zero attached hydrogens (tertiary/aromatic N) is 1. The fourth-order valence-electron chi connectivity index (χ4n) is 7.14. The Morgan fingerprint density at radius 2 is 0.671 bits per heavy atom. The molecule has 0 fully saturated rings. The topological polar surface area (TPSA) is 111 Å². The first-order chi connectivity index (χ1) is 40.0. The largest absolute Gasteiger partial charge is 0.756 e. The number of allylic oxidation sites excluding steroid dienone is 34. The minimum atomic E-state index is -4.68. The average Bonchev–Trinajstić information content (AvgIpc) is 3.45. The van der Waals surface area contributed by atoms with Crippen molar-refractivity contribution in [2.75, 3.05) is 47.5 Å². The minimum Gasteiger partial charge on any atom is -0.756 e. The predicted octanol–water partition coefficient (Wildman–Crippen LogP) is 19.3. The van der Waals surface area contributed by atoms with Crippen LogP contribution in [0.3, 0.4) is 0 Å². The highest BCUT2D eigenvalue weighted by Gasteiger charge is 2.21. The molecular formula is C72H110NO8P. The first-order valence-corrected chi connectivity index (χ1v) is 32.3. The Hall–Kier alpha value is -5.41. The number of hydrogen-bond acceptors (Lipinski definition) is 8. The van der Waals surface area contributed by atoms with E-state index in [9.17, 15) is 19.0 Å². The molecule has 0 N–H and O–H groups in total. The molecule has 456 valence electrons. The van der Waals surface area contributed by atoms with Gasteiger partial charge in [0.15, 0.2) is 6.10 Å². The second kappa shape index (κ2) is 60.2. The van der Waals surface area contributed by atoms with Crippen LogP contribution in [0.2, 0.25) is 0 Å². The number of unbranched alkanes of at least 4 members (excludes halogenated alkanes) is 5. The van der Waals surface area contributed by atoms with Gasteiger partial charge in [-0.3, -0.25) is 14.2 Å². The van der Waals surface area contributed by atoms with Crippen LogP contribution in [0.5, 0.6) is 0 Å². The van der Waals surface area contributed by atoms with Gasteiger partial charge in [-0.2, -0.15) is 0 Å². The number of esters is 2. The summed E-state index contributed by atoms with van der Waals surface area (Å²) in [5.74, 6) is -0.954. The number of rotatable bonds is 53. The van der Waals surface area contributed by atoms with Crippen LogP contribution < -0.4 is 4.89 Å². The molecule has 2 unspecified atom stereocenters. The summed E-state index contributed by atoms with van der Waals surface area (Å²) in [6.07, 6.45) is 96.0. The van der Waals surface area contributed by atoms with E-state index in [1.165, 1.54) is 0 Å². The molecule has 0 saturated carbocycles. The third-order valence-electron chi connectivity index (χ3n) is 11.8. The van der Waals surface area contributed by atoms with Gasteiger partial charge in [0.25, 0.3) is 7.82 Å². The van der Waals surface area contributed by atoms with Gasteiger partial charge in [0.2, 0.25) is 0 Å². The number of hydrogen-bond donors (Lipinski definition) is 0. The summed E-state index contributed by atoms with van der Waals surface area (Å²) in [4.78, 5) is 37.9. The second-order valence-corrected chi connectivity index (χ2v) is 22.0. The summed E-state index contributed by atoms with van der Waals surface area (Å²) in [6, 6.07) is 0. The highest BCUT2D eigenvalue weighted by atomic mass is 31.2. The van der Waals surface area contributed by atoms with Gasteiger partial charge in [-0.15, -0.1) is 0 Å². The number of quaternary nitrogens is 1. The van der Waals surface area contributed by atoms with Gasteiger partial charge >= 0.3 is 11.9 Å². The maximum atomic E-state index is 12.8. The molecule has 0 aromatic carbocycles. The standard InChI is InChI=1S/C72H110NO8P/c1-6-8-10-12-14-16-18-20-22-24-26-28-30-31-32-33-34-35-36-37-38-39-40-41-43-45-47-49-51-53-55-57-59-61-63-65-72(75)81-70(69-80-82(76,77)79-67-66-73(3,4)5)68-78-71(74)64-62-60-58-56-54-52-50-48-46-44-42-29-27-25-23-21-19-17-15-13-11-9-7-2/h8-11,14-17,20-23,26-29,31-32,34-35,37-38,40-41,44-47,50-53,56,58,70H,6-7,12-13,18-19,24-25,30,33,36,39,42-43,48-49,54-55,57,59-69H2,1-5H3/b10-8-,11-9-,16-14-,17-15-,22-20-,23-21-,28-26-,29-27-,32-31-,35-34-,38-37-,41-40-,46-44-,47-45-,52-50-,53-51-,58-56-. The lowest BCUT2D eigenvalue weighted by atomic mass is 10.1. The third kappa shape index (κ3) is 63.8. The molecule has 0 aliphatic rings. The fourth-order valence-corrected chi connectivity index (χ4v) is 7.87. The molecule has 0 saturated heterocycles. The molecule has 0 heterocycles. The molecule has 82 heavy (non-hydrogen) atoms. The monoisotopic (exact) mass is 1150 g/mol. The smallest absolute Gasteiger partial charge is 0.306 e. The molecule has 0 rings (SSSR count). The van der Waals surface area contributed by atoms with Crippen molar-refractivity contribution in [3.63, 3.8) is 0 Å². The summed E-state index contributed by atoms with van der Waals surface area (Å²) < 4.78 is 34.1. The van der Waals surface area contributed by atoms with Crippen LogP contribution in [0.25, 0.3) is 0 Å². The molecule has 0 bridgehead atoms. The normalized spacial score (nSPS) is 14.7. The summed E-state index contributed by atoms with van der Waals surface area (Å²) in [7, 11) is 1.08. The van der Waals surface area contributed by atoms with Crippen molar-refractivity contribution < 1.29 is 42.1 Å². The van der Waals surface area contributed by atoms with Gasteiger partial charge in [-0.25, -0.2) is 0 Å². The predicted molar refractivity (Wildman–Crippen MR) is 350 cm³/mol. The number of phosphoric acid groups is 1. The average molecular weight is 1150 g/mol. The number of carbonyl (C=O) groups excluding carboxylic acids is 2. The van der Waals surface area contributed by atoms with E-state index in [-0.39, 0.29) is 26.1 Å². The van der Waals surface area contributed by atoms with Crippen molar-refractivity contribution in [2.24, 2.45) is 0 Å². The van der Waals surface area contributed by atoms with E-state index >= 15 is 0 Å². The summed E-state index contributed by atoms with van der Waals surface area (Å²) >= 11 is 0. The molecule has 10 heteroatoms. The van der Waals surface area contributed by atoms with Gasteiger partial charge in [-0.1, -0.05) is 233 Å². The van der Waals surface area contributed by atoms with Crippen LogP contribution in [-0.2, 0) is 32.7 Å². The summed E-state index contributed by atoms with van der Waals surface area (Å²) in [5, 5.41) is 0. The van der Waals surface area contributed by atoms with Crippen molar-refractivity contribution in [2.45, 2.75) is 187 Å². The van der Waals surface area contributed by atoms with Gasteiger partial charge in [0, 0.05) is 12.8 Å². The van der Waals surface area contributed by atoms with Crippen LogP contribution in [0.1, 0.15) is 181 Å². The molecule has 0 aromatic rings. The van der Waals surface area contributed by atoms with Gasteiger partial charge in [0.05, 0.1) is 27.7 Å². The molecular weight excluding hydrogens is 1040 g/mol. The van der Waals surface area contributed by atoms with Gasteiger partial charge in [0.1, 0.15) is 19.8 Å². The van der Waals surface area contributed by atoms with Crippen molar-refractivity contribution in [3.05, 3.63) is 207 Å². The third-order valence-corrected chi connectivity index (χ3v) is 12.8. The van der Waals surface area contributed by atoms with Crippen molar-refractivity contribution in [1.82, 2.24) is 0 Å². The van der Waals surface area contributed by atoms with Crippen LogP contribution in [0.4, 0.5) is 0 Å². The Labute approximate surface area is 500 Å². The van der Waals surface area contributed by atoms with E-state index in [4.69, 9.17) is 18.5 Å². The van der Waals surface area contributed by atoms with Crippen LogP contribution in [-0.4, -0.2) is 70.0 Å². The molecule has 2 atom stereocenters. The SMILES string of the molecule is CC/C=C\C/C=C\C/C=C\C/C=C\C/C=C\C/C=C\C/C=C\C/C=C\C/C=C\C/C=C\CCCCCCC(=O)OC(COC(=O)CCC/C=C\C/C=C\C/C=C\C/C=C\C/C=C\C/C=C\C/C=C\CC)COP(=O)([O-])OCC[N+](C)(C)C. The van der Waals surface area contributed by atoms with E-state index in [0.717, 1.165) is 135 Å². The number of phosphoric ester groups is 1. The lowest BCUT2D eigenvalue weighted by molar-refractivity contribution is -0.870. The lowest BCUT2D eigenvalue weighted by Crippen LogP contribution is -2.37. The molecule has 0 radical (unpaired) electrons. The van der Waals surface area contributed by atoms with Crippen molar-refractivity contribution >= 4 is 19.8 Å². The number of ether oxygens (including phenoxy) is 2. The zero-order chi connectivity index (χ0) is 59.8. The highest BCUT2D eigenvalue weighted by Crippen LogP contribution is 2.38. The Balaban J connectivity index is 4.35. The Morgan fingerprint density at radius 3 is 1.00 bits per heavy atom. The maximum Gasteiger partial charge on any atom is 0.306 e. The van der Waals surface area contributed by atoms with E-state index in [0.29, 0.717) is 30.3 Å². The Bertz CT molecular complexity index is 2130. The molecule has 0 aromatic heterocycles. The van der Waals surface area contributed by atoms with Crippen LogP contribution >= 0.6 is 7.82 Å². The van der Waals surface area contributed by atoms with E-state index in [1.54, 1.807) is 0 Å². The Morgan fingerprint density at radius 1 is 0.378 bits per heavy atom. The number of carbonyl (C=O) groups is 2. The fraction of sp³-hybridized carbons (Fsp3) is 0.500. The van der Waals surface area contributed by atoms with E-state index in [2.05, 4.69) is 214 Å². The second-order valence-electron chi connectivity index (χ2n) is 20.6. The van der Waals surface area contributed by atoms with Gasteiger partial charge < -0.3 is 27.9 Å². The van der Waals surface area contributed by atoms with Crippen LogP contribution in [0, 0.1) is 0 Å². The highest BCUT2D eigenvalue weighted by molar-refractivity contribution is 7.45. The first kappa shape index (κ1) is 76.6. The van der Waals surface area contributed by atoms with Crippen molar-refractivity contribution in [1.29, 1.82) is 0 Å². The minimum absolute atomic E-state index is 0.0585. The van der Waals surface area contributed by atoms with E-state index in [1.807, 2.05) is 27.2 Å². The lowest BCUT2D eigenvalue weighted by Gasteiger charge is -2.28. The molecule has 0 amide bonds. The zero-order valence-corrected chi connectivity index (χ0v) is 52.5. The van der Waals surface area contributed by atoms with E-state index < -0.39 is 32.5 Å². The maximum absolute atomic E-state index is 12.8. The van der Waals surface area contributed by atoms with Crippen LogP contribution in [0.15, 0.2) is 207 Å². The molecule has 0 aliphatic heterocycles. The summed E-state index contributed by atoms with van der Waals surface area (Å²) in [6.45, 7) is 3.87. The van der Waals surface area contributed by atoms with Gasteiger partial charge in [-0.05, 0) is 141 Å². The summed E-state index contributed by atoms with van der Waals surface area (Å²) in [5.41, 5.74) is 0. The number of likely N-dealkylation sites (N-methyl/N-ethyl adjacent to an activating group) is 1. The quantitative estimate of drug-likeness (QED) is 0.0195. The zero-order valence-electron chi connectivity index (χ0n) is 51.6. The molecule has 0 aliphatic carbocycles.